The van der Waals surface area contributed by atoms with Crippen LogP contribution in [0.3, 0.4) is 0 Å². The molecule has 104 valence electrons. The molecule has 2 rings (SSSR count). The minimum atomic E-state index is -0.183. The van der Waals surface area contributed by atoms with Crippen LogP contribution in [0.2, 0.25) is 10.0 Å². The average molecular weight is 309 g/mol. The fourth-order valence-corrected chi connectivity index (χ4v) is 2.01. The van der Waals surface area contributed by atoms with Crippen molar-refractivity contribution < 1.29 is 4.79 Å². The summed E-state index contributed by atoms with van der Waals surface area (Å²) in [6.07, 6.45) is 0. The van der Waals surface area contributed by atoms with E-state index in [-0.39, 0.29) is 11.9 Å². The molecule has 5 heteroatoms. The molecular weight excluding hydrogens is 295 g/mol. The standard InChI is InChI=1S/C15H14Cl2N2O/c1-10(12-7-8-13(16)14(17)9-12)18-19-15(20)11-5-3-2-4-6-11/h2-10,18H,1H3,(H,19,20)/t10-/m0/s1. The van der Waals surface area contributed by atoms with Crippen molar-refractivity contribution in [1.29, 1.82) is 0 Å². The van der Waals surface area contributed by atoms with E-state index in [1.165, 1.54) is 0 Å². The fourth-order valence-electron chi connectivity index (χ4n) is 1.70. The van der Waals surface area contributed by atoms with Crippen LogP contribution in [-0.4, -0.2) is 5.91 Å². The molecule has 0 unspecified atom stereocenters. The van der Waals surface area contributed by atoms with Crippen molar-refractivity contribution in [1.82, 2.24) is 10.9 Å². The molecule has 3 nitrogen and oxygen atoms in total. The largest absolute Gasteiger partial charge is 0.287 e. The second-order valence-electron chi connectivity index (χ2n) is 4.36. The Bertz CT molecular complexity index is 602. The van der Waals surface area contributed by atoms with Crippen LogP contribution in [0.4, 0.5) is 0 Å². The third kappa shape index (κ3) is 3.73. The predicted octanol–water partition coefficient (Wildman–Crippen LogP) is 3.99. The number of amides is 1. The van der Waals surface area contributed by atoms with Crippen molar-refractivity contribution in [3.63, 3.8) is 0 Å². The van der Waals surface area contributed by atoms with Crippen molar-refractivity contribution in [2.75, 3.05) is 0 Å². The summed E-state index contributed by atoms with van der Waals surface area (Å²) in [5, 5.41) is 1.00. The van der Waals surface area contributed by atoms with E-state index in [4.69, 9.17) is 23.2 Å². The first-order valence-electron chi connectivity index (χ1n) is 6.14. The molecule has 0 aromatic heterocycles. The second kappa shape index (κ2) is 6.75. The molecule has 0 radical (unpaired) electrons. The molecule has 0 aliphatic heterocycles. The lowest BCUT2D eigenvalue weighted by molar-refractivity contribution is 0.0926. The van der Waals surface area contributed by atoms with Crippen molar-refractivity contribution in [2.45, 2.75) is 13.0 Å². The topological polar surface area (TPSA) is 41.1 Å². The zero-order chi connectivity index (χ0) is 14.5. The molecule has 0 bridgehead atoms. The Morgan fingerprint density at radius 2 is 1.75 bits per heavy atom. The van der Waals surface area contributed by atoms with Gasteiger partial charge < -0.3 is 0 Å². The van der Waals surface area contributed by atoms with Crippen LogP contribution in [0.1, 0.15) is 28.9 Å². The van der Waals surface area contributed by atoms with Crippen LogP contribution in [0.25, 0.3) is 0 Å². The molecule has 2 aromatic carbocycles. The number of carbonyl (C=O) groups excluding carboxylic acids is 1. The number of rotatable bonds is 4. The van der Waals surface area contributed by atoms with Crippen molar-refractivity contribution >= 4 is 29.1 Å². The molecule has 0 saturated heterocycles. The molecule has 0 saturated carbocycles. The summed E-state index contributed by atoms with van der Waals surface area (Å²) < 4.78 is 0. The van der Waals surface area contributed by atoms with E-state index < -0.39 is 0 Å². The molecule has 2 N–H and O–H groups in total. The van der Waals surface area contributed by atoms with Gasteiger partial charge in [0.05, 0.1) is 10.0 Å². The van der Waals surface area contributed by atoms with Crippen LogP contribution in [-0.2, 0) is 0 Å². The average Bonchev–Trinajstić information content (AvgIpc) is 2.48. The third-order valence-electron chi connectivity index (χ3n) is 2.88. The summed E-state index contributed by atoms with van der Waals surface area (Å²) in [5.41, 5.74) is 7.15. The first-order valence-corrected chi connectivity index (χ1v) is 6.89. The van der Waals surface area contributed by atoms with Crippen LogP contribution < -0.4 is 10.9 Å². The van der Waals surface area contributed by atoms with Gasteiger partial charge in [0.1, 0.15) is 0 Å². The molecular formula is C15H14Cl2N2O. The van der Waals surface area contributed by atoms with E-state index in [9.17, 15) is 4.79 Å². The number of benzene rings is 2. The van der Waals surface area contributed by atoms with Gasteiger partial charge in [0.2, 0.25) is 0 Å². The Morgan fingerprint density at radius 1 is 1.05 bits per heavy atom. The number of carbonyl (C=O) groups is 1. The predicted molar refractivity (Wildman–Crippen MR) is 81.9 cm³/mol. The van der Waals surface area contributed by atoms with Gasteiger partial charge in [0, 0.05) is 11.6 Å². The summed E-state index contributed by atoms with van der Waals surface area (Å²) in [6, 6.07) is 14.3. The Labute approximate surface area is 127 Å². The van der Waals surface area contributed by atoms with Gasteiger partial charge in [-0.1, -0.05) is 47.5 Å². The first-order chi connectivity index (χ1) is 9.58. The fraction of sp³-hybridized carbons (Fsp3) is 0.133. The van der Waals surface area contributed by atoms with E-state index in [0.717, 1.165) is 5.56 Å². The van der Waals surface area contributed by atoms with Crippen molar-refractivity contribution in [2.24, 2.45) is 0 Å². The first kappa shape index (κ1) is 14.9. The number of hydrogen-bond acceptors (Lipinski definition) is 2. The summed E-state index contributed by atoms with van der Waals surface area (Å²) in [7, 11) is 0. The van der Waals surface area contributed by atoms with E-state index in [0.29, 0.717) is 15.6 Å². The van der Waals surface area contributed by atoms with Crippen molar-refractivity contribution in [3.8, 4) is 0 Å². The Morgan fingerprint density at radius 3 is 2.40 bits per heavy atom. The summed E-state index contributed by atoms with van der Waals surface area (Å²) in [5.74, 6) is -0.183. The van der Waals surface area contributed by atoms with E-state index in [1.807, 2.05) is 31.2 Å². The maximum absolute atomic E-state index is 11.9. The Balaban J connectivity index is 1.96. The van der Waals surface area contributed by atoms with Gasteiger partial charge in [-0.2, -0.15) is 0 Å². The maximum atomic E-state index is 11.9. The van der Waals surface area contributed by atoms with Crippen LogP contribution in [0.15, 0.2) is 48.5 Å². The highest BCUT2D eigenvalue weighted by Gasteiger charge is 2.09. The van der Waals surface area contributed by atoms with Gasteiger partial charge in [-0.15, -0.1) is 0 Å². The number of nitrogens with one attached hydrogen (secondary N) is 2. The zero-order valence-electron chi connectivity index (χ0n) is 10.9. The van der Waals surface area contributed by atoms with Gasteiger partial charge >= 0.3 is 0 Å². The number of hydrazine groups is 1. The minimum Gasteiger partial charge on any atom is -0.287 e. The zero-order valence-corrected chi connectivity index (χ0v) is 12.4. The molecule has 0 fully saturated rings. The number of halogens is 2. The second-order valence-corrected chi connectivity index (χ2v) is 5.17. The van der Waals surface area contributed by atoms with E-state index >= 15 is 0 Å². The highest BCUT2D eigenvalue weighted by molar-refractivity contribution is 6.42. The molecule has 0 aliphatic rings. The molecule has 1 atom stereocenters. The monoisotopic (exact) mass is 308 g/mol. The maximum Gasteiger partial charge on any atom is 0.265 e. The Hall–Kier alpha value is -1.55. The lowest BCUT2D eigenvalue weighted by Crippen LogP contribution is -2.39. The molecule has 1 amide bonds. The molecule has 20 heavy (non-hydrogen) atoms. The lowest BCUT2D eigenvalue weighted by Gasteiger charge is -2.15. The van der Waals surface area contributed by atoms with Gasteiger partial charge in [-0.25, -0.2) is 5.43 Å². The van der Waals surface area contributed by atoms with Gasteiger partial charge in [-0.05, 0) is 36.8 Å². The summed E-state index contributed by atoms with van der Waals surface area (Å²) in [6.45, 7) is 1.92. The van der Waals surface area contributed by atoms with Crippen LogP contribution in [0, 0.1) is 0 Å². The van der Waals surface area contributed by atoms with Gasteiger partial charge in [0.15, 0.2) is 0 Å². The Kier molecular flexibility index (Phi) is 5.01. The van der Waals surface area contributed by atoms with Crippen LogP contribution >= 0.6 is 23.2 Å². The normalized spacial score (nSPS) is 11.9. The minimum absolute atomic E-state index is 0.0857. The van der Waals surface area contributed by atoms with Crippen LogP contribution in [0.5, 0.6) is 0 Å². The SMILES string of the molecule is C[C@H](NNC(=O)c1ccccc1)c1ccc(Cl)c(Cl)c1. The van der Waals surface area contributed by atoms with E-state index in [1.54, 1.807) is 24.3 Å². The highest BCUT2D eigenvalue weighted by atomic mass is 35.5. The summed E-state index contributed by atoms with van der Waals surface area (Å²) >= 11 is 11.8. The molecule has 0 heterocycles. The van der Waals surface area contributed by atoms with Gasteiger partial charge in [0.25, 0.3) is 5.91 Å². The highest BCUT2D eigenvalue weighted by Crippen LogP contribution is 2.25. The van der Waals surface area contributed by atoms with Crippen molar-refractivity contribution in [3.05, 3.63) is 69.7 Å². The quantitative estimate of drug-likeness (QED) is 0.839. The smallest absolute Gasteiger partial charge is 0.265 e. The molecule has 0 spiro atoms. The van der Waals surface area contributed by atoms with Gasteiger partial charge in [-0.3, -0.25) is 10.2 Å². The lowest BCUT2D eigenvalue weighted by atomic mass is 10.1. The molecule has 0 aliphatic carbocycles. The summed E-state index contributed by atoms with van der Waals surface area (Å²) in [4.78, 5) is 11.9. The number of hydrogen-bond donors (Lipinski definition) is 2. The van der Waals surface area contributed by atoms with E-state index in [2.05, 4.69) is 10.9 Å². The third-order valence-corrected chi connectivity index (χ3v) is 3.62. The molecule has 2 aromatic rings.